The summed E-state index contributed by atoms with van der Waals surface area (Å²) in [6, 6.07) is 5.29. The topological polar surface area (TPSA) is 75.3 Å². The zero-order valence-electron chi connectivity index (χ0n) is 9.82. The summed E-state index contributed by atoms with van der Waals surface area (Å²) in [5.41, 5.74) is 12.9. The molecule has 3 rings (SSSR count). The van der Waals surface area contributed by atoms with Crippen LogP contribution < -0.4 is 16.6 Å². The summed E-state index contributed by atoms with van der Waals surface area (Å²) in [5.74, 6) is 0.640. The summed E-state index contributed by atoms with van der Waals surface area (Å²) in [5, 5.41) is 1.11. The Kier molecular flexibility index (Phi) is 3.98. The third-order valence-corrected chi connectivity index (χ3v) is 4.67. The molecule has 0 spiro atoms. The van der Waals surface area contributed by atoms with Gasteiger partial charge in [0.1, 0.15) is 0 Å². The number of hydrogen-bond donors (Lipinski definition) is 3. The van der Waals surface area contributed by atoms with Gasteiger partial charge in [-0.25, -0.2) is 9.98 Å². The number of nitrogens with two attached hydrogens (primary N) is 1. The molecule has 1 aliphatic rings. The fraction of sp³-hybridized carbons (Fsp3) is 0.0909. The quantitative estimate of drug-likeness (QED) is 0.734. The number of rotatable bonds is 2. The van der Waals surface area contributed by atoms with E-state index >= 15 is 0 Å². The number of nitrogens with zero attached hydrogens (tertiary/aromatic N) is 2. The molecule has 0 amide bonds. The molecular weight excluding hydrogens is 385 g/mol. The zero-order chi connectivity index (χ0) is 14.3. The Hall–Kier alpha value is -0.700. The lowest BCUT2D eigenvalue weighted by molar-refractivity contribution is 0.567. The highest BCUT2D eigenvalue weighted by Gasteiger charge is 2.22. The van der Waals surface area contributed by atoms with Crippen molar-refractivity contribution >= 4 is 56.3 Å². The zero-order valence-corrected chi connectivity index (χ0v) is 13.7. The van der Waals surface area contributed by atoms with Crippen molar-refractivity contribution in [2.45, 2.75) is 6.29 Å². The molecule has 0 fully saturated rings. The largest absolute Gasteiger partial charge is 0.302 e. The number of amidine groups is 1. The molecule has 0 saturated carbocycles. The fourth-order valence-electron chi connectivity index (χ4n) is 1.78. The molecule has 1 unspecified atom stereocenters. The molecule has 5 nitrogen and oxygen atoms in total. The minimum atomic E-state index is -0.473. The standard InChI is InChI=1S/C11H8BrCl2N5S/c12-10-16-7(5-2-1-4(13)3-6(5)14)8(20-10)9-17-11(15)19-18-9/h1-3,11,19H,15H2,(H,17,18). The highest BCUT2D eigenvalue weighted by Crippen LogP contribution is 2.36. The molecule has 0 aliphatic carbocycles. The molecule has 2 aromatic rings. The van der Waals surface area contributed by atoms with Crippen molar-refractivity contribution in [2.75, 3.05) is 0 Å². The monoisotopic (exact) mass is 391 g/mol. The van der Waals surface area contributed by atoms with E-state index in [-0.39, 0.29) is 0 Å². The van der Waals surface area contributed by atoms with E-state index in [1.165, 1.54) is 11.3 Å². The number of halogens is 3. The second-order valence-corrected chi connectivity index (χ2v) is 7.08. The lowest BCUT2D eigenvalue weighted by Crippen LogP contribution is -2.39. The average Bonchev–Trinajstić information content (AvgIpc) is 2.95. The van der Waals surface area contributed by atoms with Crippen LogP contribution in [0.4, 0.5) is 0 Å². The molecule has 4 N–H and O–H groups in total. The number of thiazole rings is 1. The SMILES string of the molecule is NC1N=C(c2sc(Br)nc2-c2ccc(Cl)cc2Cl)NN1. The predicted molar refractivity (Wildman–Crippen MR) is 86.1 cm³/mol. The summed E-state index contributed by atoms with van der Waals surface area (Å²) in [4.78, 5) is 9.57. The molecule has 2 heterocycles. The molecule has 9 heteroatoms. The van der Waals surface area contributed by atoms with Gasteiger partial charge in [0, 0.05) is 10.6 Å². The van der Waals surface area contributed by atoms with Gasteiger partial charge < -0.3 is 5.43 Å². The van der Waals surface area contributed by atoms with E-state index in [9.17, 15) is 0 Å². The summed E-state index contributed by atoms with van der Waals surface area (Å²) in [6.07, 6.45) is -0.473. The normalized spacial score (nSPS) is 18.0. The van der Waals surface area contributed by atoms with Crippen molar-refractivity contribution < 1.29 is 0 Å². The van der Waals surface area contributed by atoms with Crippen LogP contribution in [0.5, 0.6) is 0 Å². The van der Waals surface area contributed by atoms with E-state index in [1.807, 2.05) is 6.07 Å². The van der Waals surface area contributed by atoms with Gasteiger partial charge in [0.25, 0.3) is 0 Å². The smallest absolute Gasteiger partial charge is 0.169 e. The van der Waals surface area contributed by atoms with E-state index < -0.39 is 6.29 Å². The predicted octanol–water partition coefficient (Wildman–Crippen LogP) is 2.98. The summed E-state index contributed by atoms with van der Waals surface area (Å²) >= 11 is 17.0. The van der Waals surface area contributed by atoms with E-state index in [0.29, 0.717) is 15.9 Å². The molecule has 0 saturated heterocycles. The van der Waals surface area contributed by atoms with Gasteiger partial charge in [0.05, 0.1) is 15.6 Å². The first-order chi connectivity index (χ1) is 9.54. The van der Waals surface area contributed by atoms with Gasteiger partial charge in [0.2, 0.25) is 0 Å². The highest BCUT2D eigenvalue weighted by molar-refractivity contribution is 9.11. The first-order valence-corrected chi connectivity index (χ1v) is 7.88. The molecule has 1 atom stereocenters. The van der Waals surface area contributed by atoms with Crippen LogP contribution in [0.25, 0.3) is 11.3 Å². The Morgan fingerprint density at radius 1 is 1.35 bits per heavy atom. The highest BCUT2D eigenvalue weighted by atomic mass is 79.9. The Labute approximate surface area is 137 Å². The second kappa shape index (κ2) is 5.59. The fourth-order valence-corrected chi connectivity index (χ4v) is 3.70. The van der Waals surface area contributed by atoms with Crippen LogP contribution in [-0.2, 0) is 0 Å². The molecule has 0 radical (unpaired) electrons. The molecule has 0 bridgehead atoms. The minimum absolute atomic E-state index is 0.473. The molecule has 1 aromatic heterocycles. The Balaban J connectivity index is 2.12. The van der Waals surface area contributed by atoms with Crippen LogP contribution in [0, 0.1) is 0 Å². The van der Waals surface area contributed by atoms with Crippen LogP contribution >= 0.6 is 50.5 Å². The van der Waals surface area contributed by atoms with Crippen molar-refractivity contribution in [1.82, 2.24) is 15.8 Å². The van der Waals surface area contributed by atoms with Crippen molar-refractivity contribution in [3.8, 4) is 11.3 Å². The van der Waals surface area contributed by atoms with Crippen molar-refractivity contribution in [2.24, 2.45) is 10.7 Å². The summed E-state index contributed by atoms with van der Waals surface area (Å²) in [7, 11) is 0. The van der Waals surface area contributed by atoms with Crippen molar-refractivity contribution in [1.29, 1.82) is 0 Å². The molecule has 20 heavy (non-hydrogen) atoms. The Morgan fingerprint density at radius 2 is 2.15 bits per heavy atom. The van der Waals surface area contributed by atoms with Crippen molar-refractivity contribution in [3.05, 3.63) is 37.0 Å². The van der Waals surface area contributed by atoms with Crippen LogP contribution in [0.3, 0.4) is 0 Å². The lowest BCUT2D eigenvalue weighted by atomic mass is 10.1. The minimum Gasteiger partial charge on any atom is -0.302 e. The number of aromatic nitrogens is 1. The first-order valence-electron chi connectivity index (χ1n) is 5.51. The molecule has 104 valence electrons. The molecular formula is C11H8BrCl2N5S. The first kappa shape index (κ1) is 14.2. The van der Waals surface area contributed by atoms with Gasteiger partial charge in [0.15, 0.2) is 16.0 Å². The van der Waals surface area contributed by atoms with Gasteiger partial charge in [-0.15, -0.1) is 11.3 Å². The van der Waals surface area contributed by atoms with E-state index in [0.717, 1.165) is 20.1 Å². The van der Waals surface area contributed by atoms with Gasteiger partial charge in [-0.2, -0.15) is 5.43 Å². The van der Waals surface area contributed by atoms with Crippen LogP contribution in [0.1, 0.15) is 4.88 Å². The summed E-state index contributed by atoms with van der Waals surface area (Å²) < 4.78 is 0.735. The van der Waals surface area contributed by atoms with Crippen molar-refractivity contribution in [3.63, 3.8) is 0 Å². The van der Waals surface area contributed by atoms with Crippen LogP contribution in [0.15, 0.2) is 27.1 Å². The third-order valence-electron chi connectivity index (χ3n) is 2.61. The number of nitrogens with one attached hydrogen (secondary N) is 2. The maximum Gasteiger partial charge on any atom is 0.169 e. The average molecular weight is 393 g/mol. The van der Waals surface area contributed by atoms with E-state index in [4.69, 9.17) is 28.9 Å². The molecule has 1 aliphatic heterocycles. The van der Waals surface area contributed by atoms with Crippen LogP contribution in [0.2, 0.25) is 10.0 Å². The Bertz CT molecular complexity index is 702. The van der Waals surface area contributed by atoms with Gasteiger partial charge >= 0.3 is 0 Å². The van der Waals surface area contributed by atoms with E-state index in [2.05, 4.69) is 36.8 Å². The van der Waals surface area contributed by atoms with Gasteiger partial charge in [-0.05, 0) is 34.1 Å². The number of aliphatic imine (C=N–C) groups is 1. The maximum atomic E-state index is 6.24. The van der Waals surface area contributed by atoms with Gasteiger partial charge in [-0.3, -0.25) is 5.73 Å². The second-order valence-electron chi connectivity index (χ2n) is 3.96. The van der Waals surface area contributed by atoms with Gasteiger partial charge in [-0.1, -0.05) is 23.2 Å². The Morgan fingerprint density at radius 3 is 2.80 bits per heavy atom. The number of hydrogen-bond acceptors (Lipinski definition) is 6. The third kappa shape index (κ3) is 2.69. The number of hydrazine groups is 1. The lowest BCUT2D eigenvalue weighted by Gasteiger charge is -2.05. The van der Waals surface area contributed by atoms with Crippen LogP contribution in [-0.4, -0.2) is 17.1 Å². The summed E-state index contributed by atoms with van der Waals surface area (Å²) in [6.45, 7) is 0. The van der Waals surface area contributed by atoms with E-state index in [1.54, 1.807) is 12.1 Å². The molecule has 1 aromatic carbocycles. The number of benzene rings is 1. The maximum absolute atomic E-state index is 6.24.